The van der Waals surface area contributed by atoms with Crippen molar-refractivity contribution in [3.05, 3.63) is 77.7 Å². The van der Waals surface area contributed by atoms with Gasteiger partial charge in [0.05, 0.1) is 11.6 Å². The summed E-state index contributed by atoms with van der Waals surface area (Å²) in [6.07, 6.45) is 7.71. The number of H-pyrrole nitrogens is 1. The fourth-order valence-electron chi connectivity index (χ4n) is 4.61. The van der Waals surface area contributed by atoms with Crippen molar-refractivity contribution < 1.29 is 4.79 Å². The van der Waals surface area contributed by atoms with Gasteiger partial charge in [0.1, 0.15) is 0 Å². The number of nitrogens with two attached hydrogens (primary N) is 1. The van der Waals surface area contributed by atoms with E-state index in [9.17, 15) is 10.1 Å². The van der Waals surface area contributed by atoms with Gasteiger partial charge in [-0.3, -0.25) is 9.69 Å². The Morgan fingerprint density at radius 2 is 1.86 bits per heavy atom. The molecule has 176 valence electrons. The number of aromatic nitrogens is 3. The molecule has 8 nitrogen and oxygen atoms in total. The van der Waals surface area contributed by atoms with Crippen LogP contribution >= 0.6 is 0 Å². The summed E-state index contributed by atoms with van der Waals surface area (Å²) in [4.78, 5) is 28.6. The molecular weight excluding hydrogens is 438 g/mol. The molecule has 8 heteroatoms. The number of nitrogens with zero attached hydrogens (tertiary/aromatic N) is 5. The molecule has 1 amide bonds. The van der Waals surface area contributed by atoms with E-state index in [4.69, 9.17) is 5.73 Å². The number of aromatic amines is 1. The molecule has 0 atom stereocenters. The molecule has 2 aromatic carbocycles. The Labute approximate surface area is 204 Å². The summed E-state index contributed by atoms with van der Waals surface area (Å²) < 4.78 is 0. The first-order valence-corrected chi connectivity index (χ1v) is 11.8. The third-order valence-corrected chi connectivity index (χ3v) is 6.59. The van der Waals surface area contributed by atoms with E-state index in [1.807, 2.05) is 30.3 Å². The monoisotopic (exact) mass is 465 g/mol. The largest absolute Gasteiger partial charge is 0.366 e. The number of hydrogen-bond donors (Lipinski definition) is 2. The number of carbonyl (C=O) groups excluding carboxylic acids is 1. The number of hydrogen-bond acceptors (Lipinski definition) is 6. The number of fused-ring (bicyclic) bond motifs is 1. The van der Waals surface area contributed by atoms with Gasteiger partial charge in [-0.25, -0.2) is 9.97 Å². The molecule has 0 spiro atoms. The van der Waals surface area contributed by atoms with Gasteiger partial charge in [0, 0.05) is 66.8 Å². The maximum Gasteiger partial charge on any atom is 0.248 e. The molecule has 1 aliphatic rings. The molecule has 2 aromatic heterocycles. The molecule has 5 rings (SSSR count). The number of amides is 1. The van der Waals surface area contributed by atoms with Gasteiger partial charge >= 0.3 is 0 Å². The van der Waals surface area contributed by atoms with Crippen molar-refractivity contribution in [2.24, 2.45) is 5.73 Å². The van der Waals surface area contributed by atoms with Crippen LogP contribution in [0, 0.1) is 11.3 Å². The second kappa shape index (κ2) is 9.95. The van der Waals surface area contributed by atoms with Crippen LogP contribution in [-0.4, -0.2) is 58.5 Å². The standard InChI is InChI=1S/C27H27N7O/c28-15-19-6-7-25-24(13-19)22(16-30-25)5-2-8-33-9-11-34(12-10-33)27-31-17-23(18-32-27)20-3-1-4-21(14-20)26(29)35/h1,3-4,6-7,13-14,16-18,30H,2,5,8-12H2,(H2,29,35). The minimum atomic E-state index is -0.447. The SMILES string of the molecule is N#Cc1ccc2[nH]cc(CCCN3CCN(c4ncc(-c5cccc(C(N)=O)c5)cn4)CC3)c2c1. The van der Waals surface area contributed by atoms with Crippen molar-refractivity contribution in [2.45, 2.75) is 12.8 Å². The van der Waals surface area contributed by atoms with E-state index in [1.165, 1.54) is 5.56 Å². The number of carbonyl (C=O) groups is 1. The Morgan fingerprint density at radius 1 is 1.06 bits per heavy atom. The van der Waals surface area contributed by atoms with Crippen molar-refractivity contribution in [3.8, 4) is 17.2 Å². The lowest BCUT2D eigenvalue weighted by Gasteiger charge is -2.34. The van der Waals surface area contributed by atoms with Crippen LogP contribution < -0.4 is 10.6 Å². The lowest BCUT2D eigenvalue weighted by atomic mass is 10.1. The number of nitrogens with one attached hydrogen (secondary N) is 1. The number of nitriles is 1. The summed E-state index contributed by atoms with van der Waals surface area (Å²) in [6, 6.07) is 15.2. The first-order valence-electron chi connectivity index (χ1n) is 11.8. The minimum Gasteiger partial charge on any atom is -0.366 e. The zero-order chi connectivity index (χ0) is 24.2. The van der Waals surface area contributed by atoms with Gasteiger partial charge in [0.15, 0.2) is 0 Å². The topological polar surface area (TPSA) is 115 Å². The zero-order valence-electron chi connectivity index (χ0n) is 19.4. The third kappa shape index (κ3) is 5.00. The number of piperazine rings is 1. The van der Waals surface area contributed by atoms with Crippen LogP contribution in [0.25, 0.3) is 22.0 Å². The molecule has 1 fully saturated rings. The van der Waals surface area contributed by atoms with Crippen molar-refractivity contribution >= 4 is 22.8 Å². The Balaban J connectivity index is 1.13. The first-order chi connectivity index (χ1) is 17.1. The van der Waals surface area contributed by atoms with Crippen LogP contribution in [0.3, 0.4) is 0 Å². The van der Waals surface area contributed by atoms with E-state index in [0.717, 1.165) is 73.5 Å². The quantitative estimate of drug-likeness (QED) is 0.433. The second-order valence-corrected chi connectivity index (χ2v) is 8.84. The Hall–Kier alpha value is -4.22. The lowest BCUT2D eigenvalue weighted by molar-refractivity contribution is 0.100. The van der Waals surface area contributed by atoms with Crippen LogP contribution in [0.5, 0.6) is 0 Å². The van der Waals surface area contributed by atoms with E-state index in [0.29, 0.717) is 11.1 Å². The number of rotatable bonds is 7. The maximum atomic E-state index is 11.4. The zero-order valence-corrected chi connectivity index (χ0v) is 19.4. The highest BCUT2D eigenvalue weighted by atomic mass is 16.1. The molecule has 0 bridgehead atoms. The fourth-order valence-corrected chi connectivity index (χ4v) is 4.61. The Kier molecular flexibility index (Phi) is 6.42. The third-order valence-electron chi connectivity index (χ3n) is 6.59. The highest BCUT2D eigenvalue weighted by Crippen LogP contribution is 2.22. The highest BCUT2D eigenvalue weighted by Gasteiger charge is 2.19. The Morgan fingerprint density at radius 3 is 2.60 bits per heavy atom. The summed E-state index contributed by atoms with van der Waals surface area (Å²) in [5, 5.41) is 10.3. The van der Waals surface area contributed by atoms with E-state index in [2.05, 4.69) is 37.0 Å². The summed E-state index contributed by atoms with van der Waals surface area (Å²) in [6.45, 7) is 4.75. The van der Waals surface area contributed by atoms with Crippen molar-refractivity contribution in [3.63, 3.8) is 0 Å². The van der Waals surface area contributed by atoms with Crippen LogP contribution in [0.2, 0.25) is 0 Å². The van der Waals surface area contributed by atoms with E-state index in [-0.39, 0.29) is 0 Å². The number of anilines is 1. The normalized spacial score (nSPS) is 14.2. The van der Waals surface area contributed by atoms with E-state index in [1.54, 1.807) is 24.5 Å². The van der Waals surface area contributed by atoms with Gasteiger partial charge in [-0.15, -0.1) is 0 Å². The van der Waals surface area contributed by atoms with Gasteiger partial charge in [-0.1, -0.05) is 12.1 Å². The van der Waals surface area contributed by atoms with Crippen LogP contribution in [0.1, 0.15) is 27.9 Å². The molecule has 0 saturated carbocycles. The summed E-state index contributed by atoms with van der Waals surface area (Å²) in [7, 11) is 0. The summed E-state index contributed by atoms with van der Waals surface area (Å²) >= 11 is 0. The number of primary amides is 1. The average molecular weight is 466 g/mol. The minimum absolute atomic E-state index is 0.447. The summed E-state index contributed by atoms with van der Waals surface area (Å²) in [5.41, 5.74) is 10.6. The predicted octanol–water partition coefficient (Wildman–Crippen LogP) is 3.35. The van der Waals surface area contributed by atoms with Gasteiger partial charge in [0.2, 0.25) is 11.9 Å². The highest BCUT2D eigenvalue weighted by molar-refractivity contribution is 5.94. The van der Waals surface area contributed by atoms with E-state index >= 15 is 0 Å². The molecule has 3 heterocycles. The Bertz CT molecular complexity index is 1380. The second-order valence-electron chi connectivity index (χ2n) is 8.84. The molecule has 0 aliphatic carbocycles. The molecule has 4 aromatic rings. The van der Waals surface area contributed by atoms with Crippen molar-refractivity contribution in [2.75, 3.05) is 37.6 Å². The molecule has 1 aliphatic heterocycles. The molecular formula is C27H27N7O. The molecule has 1 saturated heterocycles. The molecule has 0 radical (unpaired) electrons. The number of aryl methyl sites for hydroxylation is 1. The molecule has 35 heavy (non-hydrogen) atoms. The van der Waals surface area contributed by atoms with Crippen molar-refractivity contribution in [1.29, 1.82) is 5.26 Å². The van der Waals surface area contributed by atoms with Crippen molar-refractivity contribution in [1.82, 2.24) is 19.9 Å². The van der Waals surface area contributed by atoms with Gasteiger partial charge in [0.25, 0.3) is 0 Å². The van der Waals surface area contributed by atoms with Gasteiger partial charge < -0.3 is 15.6 Å². The fraction of sp³-hybridized carbons (Fsp3) is 0.259. The van der Waals surface area contributed by atoms with Gasteiger partial charge in [-0.2, -0.15) is 5.26 Å². The van der Waals surface area contributed by atoms with Crippen LogP contribution in [0.15, 0.2) is 61.1 Å². The van der Waals surface area contributed by atoms with E-state index < -0.39 is 5.91 Å². The lowest BCUT2D eigenvalue weighted by Crippen LogP contribution is -2.47. The summed E-state index contributed by atoms with van der Waals surface area (Å²) in [5.74, 6) is 0.281. The maximum absolute atomic E-state index is 11.4. The number of benzene rings is 2. The van der Waals surface area contributed by atoms with Gasteiger partial charge in [-0.05, 0) is 60.8 Å². The first kappa shape index (κ1) is 22.6. The predicted molar refractivity (Wildman–Crippen MR) is 136 cm³/mol. The smallest absolute Gasteiger partial charge is 0.248 e. The molecule has 0 unspecified atom stereocenters. The van der Waals surface area contributed by atoms with Crippen LogP contribution in [-0.2, 0) is 6.42 Å². The average Bonchev–Trinajstić information content (AvgIpc) is 3.31. The van der Waals surface area contributed by atoms with Crippen LogP contribution in [0.4, 0.5) is 5.95 Å². The molecule has 3 N–H and O–H groups in total.